The summed E-state index contributed by atoms with van der Waals surface area (Å²) in [7, 11) is 0. The summed E-state index contributed by atoms with van der Waals surface area (Å²) in [5.74, 6) is 0. The minimum Gasteiger partial charge on any atom is -0.0622 e. The predicted molar refractivity (Wildman–Crippen MR) is 88.3 cm³/mol. The Morgan fingerprint density at radius 1 is 0.714 bits per heavy atom. The molecular weight excluding hydrogens is 252 g/mol. The van der Waals surface area contributed by atoms with E-state index in [-0.39, 0.29) is 5.41 Å². The molecule has 0 nitrogen and oxygen atoms in total. The smallest absolute Gasteiger partial charge is 0.0215 e. The van der Waals surface area contributed by atoms with Gasteiger partial charge in [0.05, 0.1) is 0 Å². The molecule has 0 heterocycles. The Labute approximate surface area is 127 Å². The van der Waals surface area contributed by atoms with Gasteiger partial charge in [0.2, 0.25) is 0 Å². The van der Waals surface area contributed by atoms with Crippen molar-refractivity contribution in [3.63, 3.8) is 0 Å². The molecule has 0 amide bonds. The summed E-state index contributed by atoms with van der Waals surface area (Å²) in [4.78, 5) is 0. The zero-order valence-corrected chi connectivity index (χ0v) is 12.3. The first-order valence-electron chi connectivity index (χ1n) is 7.35. The van der Waals surface area contributed by atoms with Crippen LogP contribution in [-0.4, -0.2) is 0 Å². The van der Waals surface area contributed by atoms with Gasteiger partial charge >= 0.3 is 0 Å². The van der Waals surface area contributed by atoms with Crippen molar-refractivity contribution < 1.29 is 0 Å². The SMILES string of the molecule is CC(Cc1cc[c]cc1)(c1ccccc1)c1ccccc1. The third kappa shape index (κ3) is 2.90. The van der Waals surface area contributed by atoms with Crippen LogP contribution in [0.1, 0.15) is 23.6 Å². The Morgan fingerprint density at radius 2 is 1.19 bits per heavy atom. The summed E-state index contributed by atoms with van der Waals surface area (Å²) in [6.07, 6.45) is 0.982. The van der Waals surface area contributed by atoms with Crippen molar-refractivity contribution in [3.8, 4) is 0 Å². The Kier molecular flexibility index (Phi) is 3.87. The zero-order valence-electron chi connectivity index (χ0n) is 12.3. The van der Waals surface area contributed by atoms with Gasteiger partial charge in [0.15, 0.2) is 0 Å². The normalized spacial score (nSPS) is 11.3. The molecule has 0 fully saturated rings. The van der Waals surface area contributed by atoms with Gasteiger partial charge < -0.3 is 0 Å². The van der Waals surface area contributed by atoms with Crippen molar-refractivity contribution >= 4 is 0 Å². The van der Waals surface area contributed by atoms with Gasteiger partial charge in [-0.3, -0.25) is 0 Å². The fourth-order valence-corrected chi connectivity index (χ4v) is 2.93. The van der Waals surface area contributed by atoms with E-state index in [1.54, 1.807) is 0 Å². The van der Waals surface area contributed by atoms with Crippen molar-refractivity contribution in [2.24, 2.45) is 0 Å². The highest BCUT2D eigenvalue weighted by atomic mass is 14.3. The fraction of sp³-hybridized carbons (Fsp3) is 0.143. The maximum Gasteiger partial charge on any atom is 0.0215 e. The second kappa shape index (κ2) is 5.97. The van der Waals surface area contributed by atoms with Gasteiger partial charge in [-0.15, -0.1) is 0 Å². The summed E-state index contributed by atoms with van der Waals surface area (Å²) in [6.45, 7) is 2.33. The molecule has 0 aromatic heterocycles. The molecule has 103 valence electrons. The van der Waals surface area contributed by atoms with Crippen LogP contribution in [-0.2, 0) is 11.8 Å². The second-order valence-electron chi connectivity index (χ2n) is 5.65. The molecule has 0 aliphatic carbocycles. The maximum atomic E-state index is 3.10. The molecule has 0 spiro atoms. The average molecular weight is 271 g/mol. The summed E-state index contributed by atoms with van der Waals surface area (Å²) in [5, 5.41) is 0. The molecule has 0 unspecified atom stereocenters. The minimum absolute atomic E-state index is 0.0239. The van der Waals surface area contributed by atoms with E-state index in [0.29, 0.717) is 0 Å². The Hall–Kier alpha value is -2.34. The molecule has 0 saturated heterocycles. The van der Waals surface area contributed by atoms with Gasteiger partial charge in [0.25, 0.3) is 0 Å². The molecule has 0 aliphatic heterocycles. The topological polar surface area (TPSA) is 0 Å². The zero-order chi connectivity index (χ0) is 14.5. The highest BCUT2D eigenvalue weighted by molar-refractivity contribution is 5.40. The maximum absolute atomic E-state index is 3.10. The van der Waals surface area contributed by atoms with E-state index in [9.17, 15) is 0 Å². The van der Waals surface area contributed by atoms with Gasteiger partial charge in [-0.1, -0.05) is 91.9 Å². The Bertz CT molecular complexity index is 630. The lowest BCUT2D eigenvalue weighted by Gasteiger charge is -2.31. The molecule has 0 N–H and O–H groups in total. The van der Waals surface area contributed by atoms with Crippen molar-refractivity contribution in [2.45, 2.75) is 18.8 Å². The molecule has 3 aromatic carbocycles. The van der Waals surface area contributed by atoms with Crippen molar-refractivity contribution in [3.05, 3.63) is 108 Å². The molecule has 0 bridgehead atoms. The van der Waals surface area contributed by atoms with Crippen LogP contribution in [0.2, 0.25) is 0 Å². The fourth-order valence-electron chi connectivity index (χ4n) is 2.93. The van der Waals surface area contributed by atoms with E-state index in [1.807, 2.05) is 12.1 Å². The first kappa shape index (κ1) is 13.6. The van der Waals surface area contributed by atoms with Crippen LogP contribution in [0.15, 0.2) is 84.9 Å². The molecule has 0 atom stereocenters. The molecule has 3 rings (SSSR count). The number of rotatable bonds is 4. The lowest BCUT2D eigenvalue weighted by Crippen LogP contribution is -2.26. The van der Waals surface area contributed by atoms with Crippen LogP contribution in [0.25, 0.3) is 0 Å². The van der Waals surface area contributed by atoms with Crippen LogP contribution in [0.3, 0.4) is 0 Å². The highest BCUT2D eigenvalue weighted by Crippen LogP contribution is 2.35. The average Bonchev–Trinajstić information content (AvgIpc) is 2.57. The number of benzene rings is 3. The first-order chi connectivity index (χ1) is 10.3. The van der Waals surface area contributed by atoms with Gasteiger partial charge in [-0.05, 0) is 29.2 Å². The van der Waals surface area contributed by atoms with E-state index in [1.165, 1.54) is 16.7 Å². The number of hydrogen-bond acceptors (Lipinski definition) is 0. The van der Waals surface area contributed by atoms with E-state index in [2.05, 4.69) is 85.8 Å². The summed E-state index contributed by atoms with van der Waals surface area (Å²) in [5.41, 5.74) is 4.01. The van der Waals surface area contributed by atoms with Crippen LogP contribution < -0.4 is 0 Å². The van der Waals surface area contributed by atoms with Gasteiger partial charge in [0.1, 0.15) is 0 Å². The largest absolute Gasteiger partial charge is 0.0622 e. The van der Waals surface area contributed by atoms with Crippen molar-refractivity contribution in [2.75, 3.05) is 0 Å². The molecule has 0 heteroatoms. The lowest BCUT2D eigenvalue weighted by molar-refractivity contribution is 0.567. The molecule has 1 radical (unpaired) electrons. The van der Waals surface area contributed by atoms with Gasteiger partial charge in [0, 0.05) is 5.41 Å². The van der Waals surface area contributed by atoms with Crippen molar-refractivity contribution in [1.29, 1.82) is 0 Å². The Morgan fingerprint density at radius 3 is 1.67 bits per heavy atom. The van der Waals surface area contributed by atoms with Crippen LogP contribution >= 0.6 is 0 Å². The quantitative estimate of drug-likeness (QED) is 0.624. The summed E-state index contributed by atoms with van der Waals surface area (Å²) >= 11 is 0. The van der Waals surface area contributed by atoms with Crippen LogP contribution in [0.5, 0.6) is 0 Å². The van der Waals surface area contributed by atoms with Crippen LogP contribution in [0, 0.1) is 6.07 Å². The van der Waals surface area contributed by atoms with E-state index >= 15 is 0 Å². The van der Waals surface area contributed by atoms with E-state index < -0.39 is 0 Å². The van der Waals surface area contributed by atoms with Crippen LogP contribution in [0.4, 0.5) is 0 Å². The molecule has 21 heavy (non-hydrogen) atoms. The van der Waals surface area contributed by atoms with Crippen molar-refractivity contribution in [1.82, 2.24) is 0 Å². The standard InChI is InChI=1S/C21H19/c1-21(19-13-7-3-8-14-19,20-15-9-4-10-16-20)17-18-11-5-2-6-12-18/h3-16H,17H2,1H3. The molecule has 0 saturated carbocycles. The summed E-state index contributed by atoms with van der Waals surface area (Å²) in [6, 6.07) is 32.9. The lowest BCUT2D eigenvalue weighted by atomic mass is 9.72. The number of hydrogen-bond donors (Lipinski definition) is 0. The van der Waals surface area contributed by atoms with E-state index in [0.717, 1.165) is 6.42 Å². The van der Waals surface area contributed by atoms with Gasteiger partial charge in [-0.25, -0.2) is 0 Å². The monoisotopic (exact) mass is 271 g/mol. The third-order valence-electron chi connectivity index (χ3n) is 4.17. The summed E-state index contributed by atoms with van der Waals surface area (Å²) < 4.78 is 0. The Balaban J connectivity index is 2.07. The first-order valence-corrected chi connectivity index (χ1v) is 7.35. The van der Waals surface area contributed by atoms with Gasteiger partial charge in [-0.2, -0.15) is 0 Å². The minimum atomic E-state index is -0.0239. The molecule has 3 aromatic rings. The second-order valence-corrected chi connectivity index (χ2v) is 5.65. The predicted octanol–water partition coefficient (Wildman–Crippen LogP) is 5.04. The highest BCUT2D eigenvalue weighted by Gasteiger charge is 2.28. The molecular formula is C21H19. The van der Waals surface area contributed by atoms with E-state index in [4.69, 9.17) is 0 Å². The third-order valence-corrected chi connectivity index (χ3v) is 4.17. The molecule has 0 aliphatic rings.